The number of carboxylic acids is 1. The minimum atomic E-state index is -1.01. The summed E-state index contributed by atoms with van der Waals surface area (Å²) in [5, 5.41) is 9.74. The summed E-state index contributed by atoms with van der Waals surface area (Å²) >= 11 is 12.1. The van der Waals surface area contributed by atoms with E-state index in [0.29, 0.717) is 35.1 Å². The molecule has 0 bridgehead atoms. The third-order valence-corrected chi connectivity index (χ3v) is 5.75. The van der Waals surface area contributed by atoms with Crippen molar-refractivity contribution in [3.8, 4) is 0 Å². The number of hydrogen-bond donors (Lipinski definition) is 1. The van der Waals surface area contributed by atoms with Crippen LogP contribution in [0.15, 0.2) is 42.5 Å². The van der Waals surface area contributed by atoms with Crippen LogP contribution in [0.1, 0.15) is 28.8 Å². The molecule has 2 aromatic rings. The van der Waals surface area contributed by atoms with E-state index in [1.807, 2.05) is 0 Å². The summed E-state index contributed by atoms with van der Waals surface area (Å²) in [4.78, 5) is 40.2. The molecule has 8 heteroatoms. The monoisotopic (exact) mass is 418 g/mol. The van der Waals surface area contributed by atoms with Gasteiger partial charge in [0.15, 0.2) is 0 Å². The normalized spacial score (nSPS) is 21.4. The highest BCUT2D eigenvalue weighted by Crippen LogP contribution is 2.42. The lowest BCUT2D eigenvalue weighted by molar-refractivity contribution is -0.123. The fraction of sp³-hybridized carbons (Fsp3) is 0.250. The number of carbonyl (C=O) groups is 3. The molecule has 0 aliphatic carbocycles. The summed E-state index contributed by atoms with van der Waals surface area (Å²) in [6.45, 7) is 0.489. The lowest BCUT2D eigenvalue weighted by Crippen LogP contribution is -2.47. The van der Waals surface area contributed by atoms with Crippen LogP contribution in [-0.2, 0) is 11.2 Å². The van der Waals surface area contributed by atoms with E-state index in [1.165, 1.54) is 12.1 Å². The molecule has 2 aromatic carbocycles. The molecule has 1 unspecified atom stereocenters. The van der Waals surface area contributed by atoms with E-state index in [1.54, 1.807) is 35.2 Å². The van der Waals surface area contributed by atoms with Gasteiger partial charge in [-0.05, 0) is 48.7 Å². The van der Waals surface area contributed by atoms with Crippen LogP contribution in [0.25, 0.3) is 0 Å². The summed E-state index contributed by atoms with van der Waals surface area (Å²) in [5.74, 6) is -1.32. The number of carboxylic acid groups (broad SMARTS) is 1. The Morgan fingerprint density at radius 3 is 2.32 bits per heavy atom. The molecule has 2 saturated heterocycles. The third kappa shape index (κ3) is 2.93. The molecule has 1 N–H and O–H groups in total. The van der Waals surface area contributed by atoms with E-state index in [0.717, 1.165) is 16.9 Å². The van der Waals surface area contributed by atoms with Crippen LogP contribution >= 0.6 is 23.2 Å². The number of fused-ring (bicyclic) bond motifs is 1. The molecule has 2 aliphatic rings. The number of amides is 3. The molecule has 4 rings (SSSR count). The molecule has 0 saturated carbocycles. The van der Waals surface area contributed by atoms with Gasteiger partial charge in [0.05, 0.1) is 11.3 Å². The summed E-state index contributed by atoms with van der Waals surface area (Å²) in [7, 11) is 0. The van der Waals surface area contributed by atoms with Gasteiger partial charge in [0.25, 0.3) is 5.91 Å². The van der Waals surface area contributed by atoms with E-state index in [2.05, 4.69) is 0 Å². The quantitative estimate of drug-likeness (QED) is 0.753. The Balaban J connectivity index is 1.70. The average Bonchev–Trinajstić information content (AvgIpc) is 3.13. The molecule has 2 aliphatic heterocycles. The Morgan fingerprint density at radius 1 is 1.07 bits per heavy atom. The van der Waals surface area contributed by atoms with Gasteiger partial charge in [-0.3, -0.25) is 4.79 Å². The van der Waals surface area contributed by atoms with Gasteiger partial charge in [-0.15, -0.1) is 0 Å². The van der Waals surface area contributed by atoms with Crippen molar-refractivity contribution in [2.45, 2.75) is 24.8 Å². The minimum absolute atomic E-state index is 0.175. The van der Waals surface area contributed by atoms with Crippen LogP contribution in [0.5, 0.6) is 0 Å². The molecular formula is C20H16Cl2N2O4. The van der Waals surface area contributed by atoms with Crippen LogP contribution in [0.4, 0.5) is 10.5 Å². The summed E-state index contributed by atoms with van der Waals surface area (Å²) in [6.07, 6.45) is 1.60. The van der Waals surface area contributed by atoms with E-state index in [-0.39, 0.29) is 17.5 Å². The first-order valence-corrected chi connectivity index (χ1v) is 9.52. The fourth-order valence-electron chi connectivity index (χ4n) is 4.05. The van der Waals surface area contributed by atoms with Gasteiger partial charge in [0, 0.05) is 23.0 Å². The number of carbonyl (C=O) groups excluding carboxylic acids is 2. The Morgan fingerprint density at radius 2 is 1.71 bits per heavy atom. The molecule has 2 fully saturated rings. The highest BCUT2D eigenvalue weighted by Gasteiger charge is 2.59. The van der Waals surface area contributed by atoms with Crippen LogP contribution in [0.2, 0.25) is 10.0 Å². The lowest BCUT2D eigenvalue weighted by atomic mass is 9.87. The Kier molecular flexibility index (Phi) is 4.56. The van der Waals surface area contributed by atoms with E-state index in [4.69, 9.17) is 28.3 Å². The van der Waals surface area contributed by atoms with Gasteiger partial charge in [-0.1, -0.05) is 35.3 Å². The molecule has 28 heavy (non-hydrogen) atoms. The maximum absolute atomic E-state index is 13.4. The predicted molar refractivity (Wildman–Crippen MR) is 105 cm³/mol. The molecule has 0 aromatic heterocycles. The largest absolute Gasteiger partial charge is 0.478 e. The van der Waals surface area contributed by atoms with Crippen molar-refractivity contribution in [1.82, 2.24) is 4.90 Å². The van der Waals surface area contributed by atoms with Crippen molar-refractivity contribution in [3.63, 3.8) is 0 Å². The van der Waals surface area contributed by atoms with Crippen molar-refractivity contribution in [2.75, 3.05) is 11.4 Å². The number of imide groups is 1. The van der Waals surface area contributed by atoms with Gasteiger partial charge in [-0.25, -0.2) is 14.5 Å². The number of halogens is 2. The maximum atomic E-state index is 13.4. The van der Waals surface area contributed by atoms with Crippen molar-refractivity contribution < 1.29 is 19.5 Å². The van der Waals surface area contributed by atoms with E-state index < -0.39 is 11.5 Å². The number of hydrogen-bond acceptors (Lipinski definition) is 3. The highest BCUT2D eigenvalue weighted by atomic mass is 35.5. The molecule has 1 atom stereocenters. The maximum Gasteiger partial charge on any atom is 0.335 e. The zero-order valence-electron chi connectivity index (χ0n) is 14.7. The number of benzene rings is 2. The van der Waals surface area contributed by atoms with Gasteiger partial charge in [0.1, 0.15) is 5.54 Å². The second-order valence-corrected chi connectivity index (χ2v) is 7.89. The zero-order valence-corrected chi connectivity index (χ0v) is 16.2. The van der Waals surface area contributed by atoms with Gasteiger partial charge in [0.2, 0.25) is 0 Å². The zero-order chi connectivity index (χ0) is 20.1. The average molecular weight is 419 g/mol. The predicted octanol–water partition coefficient (Wildman–Crippen LogP) is 4.24. The molecule has 6 nitrogen and oxygen atoms in total. The highest BCUT2D eigenvalue weighted by molar-refractivity contribution is 6.35. The van der Waals surface area contributed by atoms with Gasteiger partial charge >= 0.3 is 12.0 Å². The molecule has 2 heterocycles. The van der Waals surface area contributed by atoms with E-state index in [9.17, 15) is 14.4 Å². The van der Waals surface area contributed by atoms with Gasteiger partial charge in [-0.2, -0.15) is 0 Å². The van der Waals surface area contributed by atoms with Crippen LogP contribution < -0.4 is 4.90 Å². The molecule has 0 radical (unpaired) electrons. The van der Waals surface area contributed by atoms with Crippen LogP contribution in [0.3, 0.4) is 0 Å². The van der Waals surface area contributed by atoms with Gasteiger partial charge < -0.3 is 10.0 Å². The minimum Gasteiger partial charge on any atom is -0.478 e. The SMILES string of the molecule is O=C(O)c1ccc(CC23CCCN2C(=O)N(c2cc(Cl)cc(Cl)c2)C3=O)cc1. The first-order valence-electron chi connectivity index (χ1n) is 8.76. The fourth-order valence-corrected chi connectivity index (χ4v) is 4.57. The Labute approximate surface area is 171 Å². The third-order valence-electron chi connectivity index (χ3n) is 5.32. The van der Waals surface area contributed by atoms with Crippen LogP contribution in [-0.4, -0.2) is 40.0 Å². The molecule has 144 valence electrons. The molecular weight excluding hydrogens is 403 g/mol. The first-order chi connectivity index (χ1) is 13.3. The Bertz CT molecular complexity index is 972. The lowest BCUT2D eigenvalue weighted by Gasteiger charge is -2.28. The smallest absolute Gasteiger partial charge is 0.335 e. The van der Waals surface area contributed by atoms with E-state index >= 15 is 0 Å². The number of anilines is 1. The number of rotatable bonds is 4. The molecule has 3 amide bonds. The standard InChI is InChI=1S/C20H16Cl2N2O4/c21-14-8-15(22)10-16(9-14)24-18(27)20(6-1-7-23(20)19(24)28)11-12-2-4-13(5-3-12)17(25)26/h2-5,8-10H,1,6-7,11H2,(H,25,26). The summed E-state index contributed by atoms with van der Waals surface area (Å²) < 4.78 is 0. The number of nitrogens with zero attached hydrogens (tertiary/aromatic N) is 2. The van der Waals surface area contributed by atoms with Crippen molar-refractivity contribution in [2.24, 2.45) is 0 Å². The number of urea groups is 1. The second-order valence-electron chi connectivity index (χ2n) is 7.02. The first kappa shape index (κ1) is 18.8. The van der Waals surface area contributed by atoms with Crippen molar-refractivity contribution in [3.05, 3.63) is 63.6 Å². The van der Waals surface area contributed by atoms with Crippen molar-refractivity contribution >= 4 is 46.8 Å². The topological polar surface area (TPSA) is 77.9 Å². The summed E-state index contributed by atoms with van der Waals surface area (Å²) in [5.41, 5.74) is 0.344. The summed E-state index contributed by atoms with van der Waals surface area (Å²) in [6, 6.07) is 10.6. The number of aromatic carboxylic acids is 1. The van der Waals surface area contributed by atoms with Crippen LogP contribution in [0, 0.1) is 0 Å². The Hall–Kier alpha value is -2.57. The van der Waals surface area contributed by atoms with Crippen molar-refractivity contribution in [1.29, 1.82) is 0 Å². The molecule has 0 spiro atoms. The second kappa shape index (κ2) is 6.79.